The monoisotopic (exact) mass is 231 g/mol. The van der Waals surface area contributed by atoms with Gasteiger partial charge in [0, 0.05) is 19.1 Å². The maximum atomic E-state index is 10.7. The third-order valence-corrected chi connectivity index (χ3v) is 3.01. The third-order valence-electron chi connectivity index (χ3n) is 3.01. The topological polar surface area (TPSA) is 40.5 Å². The van der Waals surface area contributed by atoms with Crippen molar-refractivity contribution in [2.24, 2.45) is 0 Å². The summed E-state index contributed by atoms with van der Waals surface area (Å²) in [5.74, 6) is -0.873. The Morgan fingerprint density at radius 3 is 2.53 bits per heavy atom. The van der Waals surface area contributed by atoms with Crippen LogP contribution in [0.1, 0.15) is 28.8 Å². The second-order valence-electron chi connectivity index (χ2n) is 4.45. The molecule has 0 spiro atoms. The lowest BCUT2D eigenvalue weighted by atomic mass is 10.1. The van der Waals surface area contributed by atoms with Crippen molar-refractivity contribution in [3.63, 3.8) is 0 Å². The molecule has 1 saturated carbocycles. The predicted octanol–water partition coefficient (Wildman–Crippen LogP) is 2.54. The molecule has 0 amide bonds. The van der Waals surface area contributed by atoms with Gasteiger partial charge in [-0.15, -0.1) is 6.58 Å². The van der Waals surface area contributed by atoms with Crippen LogP contribution in [0.5, 0.6) is 0 Å². The van der Waals surface area contributed by atoms with Gasteiger partial charge in [0.1, 0.15) is 0 Å². The fourth-order valence-corrected chi connectivity index (χ4v) is 1.94. The molecule has 0 unspecified atom stereocenters. The molecule has 0 heterocycles. The van der Waals surface area contributed by atoms with Gasteiger partial charge < -0.3 is 5.11 Å². The van der Waals surface area contributed by atoms with Gasteiger partial charge in [-0.2, -0.15) is 0 Å². The molecule has 2 rings (SSSR count). The maximum Gasteiger partial charge on any atom is 0.335 e. The van der Waals surface area contributed by atoms with Crippen LogP contribution in [-0.2, 0) is 6.54 Å². The summed E-state index contributed by atoms with van der Waals surface area (Å²) in [6.45, 7) is 5.54. The van der Waals surface area contributed by atoms with Gasteiger partial charge in [-0.25, -0.2) is 4.79 Å². The van der Waals surface area contributed by atoms with Crippen LogP contribution in [-0.4, -0.2) is 28.6 Å². The minimum absolute atomic E-state index is 0.343. The maximum absolute atomic E-state index is 10.7. The highest BCUT2D eigenvalue weighted by molar-refractivity contribution is 5.87. The zero-order chi connectivity index (χ0) is 12.3. The van der Waals surface area contributed by atoms with E-state index in [-0.39, 0.29) is 0 Å². The molecule has 1 N–H and O–H groups in total. The summed E-state index contributed by atoms with van der Waals surface area (Å²) in [5, 5.41) is 8.82. The van der Waals surface area contributed by atoms with Crippen LogP contribution in [0.4, 0.5) is 0 Å². The second kappa shape index (κ2) is 5.15. The molecule has 0 aromatic heterocycles. The number of nitrogens with zero attached hydrogens (tertiary/aromatic N) is 1. The van der Waals surface area contributed by atoms with E-state index in [1.165, 1.54) is 12.8 Å². The van der Waals surface area contributed by atoms with Crippen molar-refractivity contribution in [2.45, 2.75) is 25.4 Å². The average molecular weight is 231 g/mol. The predicted molar refractivity (Wildman–Crippen MR) is 67.0 cm³/mol. The fourth-order valence-electron chi connectivity index (χ4n) is 1.94. The number of carboxylic acids is 1. The Hall–Kier alpha value is -1.61. The number of aromatic carboxylic acids is 1. The van der Waals surface area contributed by atoms with Gasteiger partial charge in [0.2, 0.25) is 0 Å². The summed E-state index contributed by atoms with van der Waals surface area (Å²) in [6.07, 6.45) is 4.45. The van der Waals surface area contributed by atoms with Gasteiger partial charge in [0.05, 0.1) is 5.56 Å². The molecule has 1 aliphatic rings. The SMILES string of the molecule is C=CCN(Cc1ccc(C(=O)O)cc1)C1CC1. The van der Waals surface area contributed by atoms with Crippen LogP contribution >= 0.6 is 0 Å². The molecule has 1 aromatic rings. The first-order valence-electron chi connectivity index (χ1n) is 5.88. The highest BCUT2D eigenvalue weighted by Crippen LogP contribution is 2.28. The summed E-state index contributed by atoms with van der Waals surface area (Å²) >= 11 is 0. The van der Waals surface area contributed by atoms with Gasteiger partial charge in [-0.1, -0.05) is 18.2 Å². The molecule has 3 nitrogen and oxygen atoms in total. The zero-order valence-electron chi connectivity index (χ0n) is 9.80. The van der Waals surface area contributed by atoms with E-state index < -0.39 is 5.97 Å². The second-order valence-corrected chi connectivity index (χ2v) is 4.45. The van der Waals surface area contributed by atoms with Crippen LogP contribution in [0.15, 0.2) is 36.9 Å². The van der Waals surface area contributed by atoms with Gasteiger partial charge in [-0.3, -0.25) is 4.90 Å². The van der Waals surface area contributed by atoms with Gasteiger partial charge >= 0.3 is 5.97 Å². The first-order chi connectivity index (χ1) is 8.20. The molecule has 1 aromatic carbocycles. The summed E-state index contributed by atoms with van der Waals surface area (Å²) in [5.41, 5.74) is 1.50. The van der Waals surface area contributed by atoms with Crippen molar-refractivity contribution in [3.8, 4) is 0 Å². The molecular formula is C14H17NO2. The van der Waals surface area contributed by atoms with Crippen molar-refractivity contribution in [1.29, 1.82) is 0 Å². The van der Waals surface area contributed by atoms with E-state index in [0.717, 1.165) is 18.7 Å². The molecule has 1 aliphatic carbocycles. The molecule has 0 saturated heterocycles. The quantitative estimate of drug-likeness (QED) is 0.765. The number of hydrogen-bond acceptors (Lipinski definition) is 2. The summed E-state index contributed by atoms with van der Waals surface area (Å²) in [6, 6.07) is 7.80. The normalized spacial score (nSPS) is 14.9. The molecule has 17 heavy (non-hydrogen) atoms. The summed E-state index contributed by atoms with van der Waals surface area (Å²) in [4.78, 5) is 13.1. The summed E-state index contributed by atoms with van der Waals surface area (Å²) in [7, 11) is 0. The van der Waals surface area contributed by atoms with Crippen LogP contribution in [0, 0.1) is 0 Å². The molecular weight excluding hydrogens is 214 g/mol. The van der Waals surface area contributed by atoms with Crippen molar-refractivity contribution < 1.29 is 9.90 Å². The smallest absolute Gasteiger partial charge is 0.335 e. The number of benzene rings is 1. The van der Waals surface area contributed by atoms with E-state index in [9.17, 15) is 4.79 Å². The number of carboxylic acid groups (broad SMARTS) is 1. The standard InChI is InChI=1S/C14H17NO2/c1-2-9-15(13-7-8-13)10-11-3-5-12(6-4-11)14(16)17/h2-6,13H,1,7-10H2,(H,16,17). The van der Waals surface area contributed by atoms with E-state index >= 15 is 0 Å². The first kappa shape index (κ1) is 11.9. The molecule has 0 atom stereocenters. The van der Waals surface area contributed by atoms with Gasteiger partial charge in [-0.05, 0) is 30.5 Å². The molecule has 90 valence electrons. The lowest BCUT2D eigenvalue weighted by molar-refractivity contribution is 0.0697. The largest absolute Gasteiger partial charge is 0.478 e. The van der Waals surface area contributed by atoms with Crippen molar-refractivity contribution in [3.05, 3.63) is 48.0 Å². The minimum atomic E-state index is -0.873. The Morgan fingerprint density at radius 2 is 2.06 bits per heavy atom. The van der Waals surface area contributed by atoms with E-state index in [1.54, 1.807) is 12.1 Å². The Bertz CT molecular complexity index is 407. The van der Waals surface area contributed by atoms with E-state index in [1.807, 2.05) is 18.2 Å². The van der Waals surface area contributed by atoms with Gasteiger partial charge in [0.25, 0.3) is 0 Å². The Balaban J connectivity index is 2.01. The van der Waals surface area contributed by atoms with Crippen molar-refractivity contribution >= 4 is 5.97 Å². The fraction of sp³-hybridized carbons (Fsp3) is 0.357. The van der Waals surface area contributed by atoms with Crippen LogP contribution in [0.2, 0.25) is 0 Å². The third kappa shape index (κ3) is 3.17. The van der Waals surface area contributed by atoms with E-state index in [2.05, 4.69) is 11.5 Å². The average Bonchev–Trinajstić information content (AvgIpc) is 3.13. The highest BCUT2D eigenvalue weighted by atomic mass is 16.4. The van der Waals surface area contributed by atoms with E-state index in [4.69, 9.17) is 5.11 Å². The Kier molecular flexibility index (Phi) is 3.59. The number of rotatable bonds is 6. The Morgan fingerprint density at radius 1 is 1.41 bits per heavy atom. The number of carbonyl (C=O) groups is 1. The lowest BCUT2D eigenvalue weighted by Gasteiger charge is -2.20. The summed E-state index contributed by atoms with van der Waals surface area (Å²) < 4.78 is 0. The highest BCUT2D eigenvalue weighted by Gasteiger charge is 2.27. The van der Waals surface area contributed by atoms with Gasteiger partial charge in [0.15, 0.2) is 0 Å². The molecule has 1 fully saturated rings. The van der Waals surface area contributed by atoms with Crippen molar-refractivity contribution in [1.82, 2.24) is 4.90 Å². The Labute approximate surface area is 101 Å². The molecule has 3 heteroatoms. The minimum Gasteiger partial charge on any atom is -0.478 e. The molecule has 0 radical (unpaired) electrons. The van der Waals surface area contributed by atoms with E-state index in [0.29, 0.717) is 11.6 Å². The van der Waals surface area contributed by atoms with Crippen molar-refractivity contribution in [2.75, 3.05) is 6.54 Å². The lowest BCUT2D eigenvalue weighted by Crippen LogP contribution is -2.25. The zero-order valence-corrected chi connectivity index (χ0v) is 9.80. The number of hydrogen-bond donors (Lipinski definition) is 1. The molecule has 0 aliphatic heterocycles. The van der Waals surface area contributed by atoms with Crippen LogP contribution in [0.25, 0.3) is 0 Å². The molecule has 0 bridgehead atoms. The van der Waals surface area contributed by atoms with Crippen LogP contribution in [0.3, 0.4) is 0 Å². The van der Waals surface area contributed by atoms with Crippen LogP contribution < -0.4 is 0 Å². The first-order valence-corrected chi connectivity index (χ1v) is 5.88.